The zero-order valence-corrected chi connectivity index (χ0v) is 20.5. The number of hydrogen-bond acceptors (Lipinski definition) is 4. The van der Waals surface area contributed by atoms with Gasteiger partial charge in [0.1, 0.15) is 0 Å². The summed E-state index contributed by atoms with van der Waals surface area (Å²) in [6.45, 7) is 15.6. The van der Waals surface area contributed by atoms with Gasteiger partial charge in [-0.15, -0.1) is 0 Å². The Hall–Kier alpha value is -3.02. The summed E-state index contributed by atoms with van der Waals surface area (Å²) in [6, 6.07) is 0. The standard InChI is InChI=1S/C26H30N2O4/c1-11-13-15-16-14(22(30)28(10)23(31)17(16)19(11)25(3,4)5)12(2)20(26(6,7)8)18(15)24(32)27(9)21(13)29/h1-10H3. The van der Waals surface area contributed by atoms with E-state index in [0.29, 0.717) is 44.2 Å². The van der Waals surface area contributed by atoms with Crippen molar-refractivity contribution in [3.8, 4) is 0 Å². The molecule has 4 amide bonds. The van der Waals surface area contributed by atoms with Gasteiger partial charge in [0.25, 0.3) is 23.6 Å². The normalized spacial score (nSPS) is 16.6. The predicted molar refractivity (Wildman–Crippen MR) is 124 cm³/mol. The Morgan fingerprint density at radius 1 is 0.500 bits per heavy atom. The Bertz CT molecular complexity index is 1200. The summed E-state index contributed by atoms with van der Waals surface area (Å²) in [5, 5.41) is 0.915. The summed E-state index contributed by atoms with van der Waals surface area (Å²) in [4.78, 5) is 56.2. The fourth-order valence-electron chi connectivity index (χ4n) is 5.69. The average Bonchev–Trinajstić information content (AvgIpc) is 2.65. The monoisotopic (exact) mass is 434 g/mol. The second kappa shape index (κ2) is 6.27. The molecule has 0 spiro atoms. The Balaban J connectivity index is 2.49. The van der Waals surface area contributed by atoms with Gasteiger partial charge in [0.05, 0.1) is 22.3 Å². The van der Waals surface area contributed by atoms with Gasteiger partial charge >= 0.3 is 0 Å². The van der Waals surface area contributed by atoms with Crippen molar-refractivity contribution in [1.82, 2.24) is 9.80 Å². The van der Waals surface area contributed by atoms with E-state index in [1.807, 2.05) is 55.4 Å². The minimum atomic E-state index is -0.463. The first kappa shape index (κ1) is 22.2. The number of nitrogens with zero attached hydrogens (tertiary/aromatic N) is 2. The van der Waals surface area contributed by atoms with E-state index in [1.165, 1.54) is 14.1 Å². The van der Waals surface area contributed by atoms with E-state index in [2.05, 4.69) is 0 Å². The van der Waals surface area contributed by atoms with Gasteiger partial charge in [-0.1, -0.05) is 41.5 Å². The van der Waals surface area contributed by atoms with Crippen LogP contribution in [0.1, 0.15) is 105 Å². The molecule has 2 aliphatic heterocycles. The number of benzene rings is 2. The van der Waals surface area contributed by atoms with Crippen LogP contribution in [-0.2, 0) is 10.8 Å². The maximum atomic E-state index is 13.5. The number of carbonyl (C=O) groups excluding carboxylic acids is 4. The van der Waals surface area contributed by atoms with E-state index in [1.54, 1.807) is 0 Å². The molecule has 2 aromatic carbocycles. The van der Waals surface area contributed by atoms with Crippen LogP contribution in [0.25, 0.3) is 10.8 Å². The highest BCUT2D eigenvalue weighted by Crippen LogP contribution is 2.48. The summed E-state index contributed by atoms with van der Waals surface area (Å²) in [5.41, 5.74) is 3.65. The molecule has 0 fully saturated rings. The van der Waals surface area contributed by atoms with E-state index in [4.69, 9.17) is 0 Å². The lowest BCUT2D eigenvalue weighted by Crippen LogP contribution is -2.44. The van der Waals surface area contributed by atoms with Crippen molar-refractivity contribution < 1.29 is 19.2 Å². The SMILES string of the molecule is Cc1c(C(C)(C)C)c2c3c(c(C)c(C(C)(C)C)c4c3c1C(=O)N(C)C4=O)C(=O)N(C)C2=O. The van der Waals surface area contributed by atoms with Crippen LogP contribution in [0.4, 0.5) is 0 Å². The zero-order valence-electron chi connectivity index (χ0n) is 20.5. The second-order valence-corrected chi connectivity index (χ2v) is 11.1. The number of rotatable bonds is 0. The topological polar surface area (TPSA) is 74.8 Å². The molecule has 4 rings (SSSR count). The quantitative estimate of drug-likeness (QED) is 0.572. The van der Waals surface area contributed by atoms with Crippen molar-refractivity contribution in [3.63, 3.8) is 0 Å². The van der Waals surface area contributed by atoms with E-state index in [9.17, 15) is 19.2 Å². The fourth-order valence-corrected chi connectivity index (χ4v) is 5.69. The lowest BCUT2D eigenvalue weighted by Gasteiger charge is -2.39. The molecule has 0 N–H and O–H groups in total. The van der Waals surface area contributed by atoms with Crippen LogP contribution in [0.5, 0.6) is 0 Å². The minimum absolute atomic E-state index is 0.394. The van der Waals surface area contributed by atoms with Gasteiger partial charge in [-0.3, -0.25) is 29.0 Å². The van der Waals surface area contributed by atoms with Crippen molar-refractivity contribution in [2.75, 3.05) is 14.1 Å². The maximum absolute atomic E-state index is 13.5. The van der Waals surface area contributed by atoms with Gasteiger partial charge in [0.2, 0.25) is 0 Å². The smallest absolute Gasteiger partial charge is 0.261 e. The first-order valence-electron chi connectivity index (χ1n) is 10.9. The summed E-state index contributed by atoms with van der Waals surface area (Å²) in [6.07, 6.45) is 0. The van der Waals surface area contributed by atoms with Crippen molar-refractivity contribution in [1.29, 1.82) is 0 Å². The Morgan fingerprint density at radius 3 is 1.00 bits per heavy atom. The number of carbonyl (C=O) groups is 4. The maximum Gasteiger partial charge on any atom is 0.261 e. The van der Waals surface area contributed by atoms with Gasteiger partial charge in [0.15, 0.2) is 0 Å². The molecule has 0 radical (unpaired) electrons. The van der Waals surface area contributed by atoms with Crippen LogP contribution in [-0.4, -0.2) is 47.5 Å². The van der Waals surface area contributed by atoms with E-state index >= 15 is 0 Å². The third-order valence-electron chi connectivity index (χ3n) is 6.82. The van der Waals surface area contributed by atoms with Crippen LogP contribution in [0.3, 0.4) is 0 Å². The van der Waals surface area contributed by atoms with Crippen molar-refractivity contribution in [3.05, 3.63) is 44.5 Å². The first-order chi connectivity index (χ1) is 14.5. The molecule has 0 bridgehead atoms. The molecular formula is C26H30N2O4. The van der Waals surface area contributed by atoms with Gasteiger partial charge in [0, 0.05) is 24.9 Å². The highest BCUT2D eigenvalue weighted by molar-refractivity contribution is 6.35. The molecule has 2 heterocycles. The van der Waals surface area contributed by atoms with Crippen LogP contribution in [0, 0.1) is 13.8 Å². The van der Waals surface area contributed by atoms with E-state index in [0.717, 1.165) is 20.9 Å². The fraction of sp³-hybridized carbons (Fsp3) is 0.462. The molecule has 2 aromatic rings. The number of imide groups is 2. The Labute approximate surface area is 188 Å². The molecule has 0 saturated heterocycles. The molecule has 32 heavy (non-hydrogen) atoms. The van der Waals surface area contributed by atoms with Gasteiger partial charge in [-0.25, -0.2) is 0 Å². The molecule has 168 valence electrons. The predicted octanol–water partition coefficient (Wildman–Crippen LogP) is 4.50. The minimum Gasteiger partial charge on any atom is -0.277 e. The molecule has 2 aliphatic rings. The molecule has 0 aliphatic carbocycles. The lowest BCUT2D eigenvalue weighted by atomic mass is 9.69. The van der Waals surface area contributed by atoms with Crippen LogP contribution in [0.2, 0.25) is 0 Å². The van der Waals surface area contributed by atoms with Gasteiger partial charge in [-0.05, 0) is 46.9 Å². The first-order valence-corrected chi connectivity index (χ1v) is 10.9. The summed E-state index contributed by atoms with van der Waals surface area (Å²) < 4.78 is 0. The second-order valence-electron chi connectivity index (χ2n) is 11.1. The van der Waals surface area contributed by atoms with Crippen LogP contribution in [0.15, 0.2) is 0 Å². The number of amides is 4. The molecule has 6 nitrogen and oxygen atoms in total. The molecule has 0 atom stereocenters. The lowest BCUT2D eigenvalue weighted by molar-refractivity contribution is 0.0626. The van der Waals surface area contributed by atoms with Gasteiger partial charge in [-0.2, -0.15) is 0 Å². The highest BCUT2D eigenvalue weighted by Gasteiger charge is 2.45. The zero-order chi connectivity index (χ0) is 24.2. The van der Waals surface area contributed by atoms with Crippen molar-refractivity contribution in [2.24, 2.45) is 0 Å². The molecule has 6 heteroatoms. The summed E-state index contributed by atoms with van der Waals surface area (Å²) >= 11 is 0. The third kappa shape index (κ3) is 2.52. The van der Waals surface area contributed by atoms with E-state index in [-0.39, 0.29) is 0 Å². The highest BCUT2D eigenvalue weighted by atomic mass is 16.2. The number of hydrogen-bond donors (Lipinski definition) is 0. The Morgan fingerprint density at radius 2 is 0.750 bits per heavy atom. The largest absolute Gasteiger partial charge is 0.277 e. The molecule has 0 aromatic heterocycles. The van der Waals surface area contributed by atoms with Crippen LogP contribution >= 0.6 is 0 Å². The van der Waals surface area contributed by atoms with Gasteiger partial charge < -0.3 is 0 Å². The molecular weight excluding hydrogens is 404 g/mol. The Kier molecular flexibility index (Phi) is 4.35. The molecule has 0 saturated carbocycles. The summed E-state index contributed by atoms with van der Waals surface area (Å²) in [5.74, 6) is -1.58. The third-order valence-corrected chi connectivity index (χ3v) is 6.82. The van der Waals surface area contributed by atoms with Crippen molar-refractivity contribution >= 4 is 34.4 Å². The molecule has 0 unspecified atom stereocenters. The summed E-state index contributed by atoms with van der Waals surface area (Å²) in [7, 11) is 2.99. The van der Waals surface area contributed by atoms with Crippen molar-refractivity contribution in [2.45, 2.75) is 66.2 Å². The van der Waals surface area contributed by atoms with Crippen LogP contribution < -0.4 is 0 Å². The average molecular weight is 435 g/mol. The van der Waals surface area contributed by atoms with E-state index < -0.39 is 34.5 Å².